The van der Waals surface area contributed by atoms with Gasteiger partial charge in [-0.2, -0.15) is 0 Å². The Labute approximate surface area is 354 Å². The molecule has 9 aromatic carbocycles. The summed E-state index contributed by atoms with van der Waals surface area (Å²) < 4.78 is 6.58. The van der Waals surface area contributed by atoms with Crippen molar-refractivity contribution in [3.63, 3.8) is 0 Å². The summed E-state index contributed by atoms with van der Waals surface area (Å²) in [6.07, 6.45) is 0. The second-order valence-electron chi connectivity index (χ2n) is 16.7. The van der Waals surface area contributed by atoms with Crippen LogP contribution in [0.5, 0.6) is 0 Å². The lowest BCUT2D eigenvalue weighted by Gasteiger charge is -2.36. The summed E-state index contributed by atoms with van der Waals surface area (Å²) in [5.41, 5.74) is 22.4. The monoisotopic (exact) mass is 745 g/mol. The Hall–Kier alpha value is -6.06. The Bertz CT molecular complexity index is 3340. The molecule has 11 heteroatoms. The molecule has 10 aromatic rings. The third-order valence-electron chi connectivity index (χ3n) is 13.9. The van der Waals surface area contributed by atoms with Crippen LogP contribution in [-0.2, 0) is 0 Å². The van der Waals surface area contributed by atoms with Crippen LogP contribution < -0.4 is 54.1 Å². The lowest BCUT2D eigenvalue weighted by molar-refractivity contribution is 0.673. The maximum atomic E-state index is 6.58. The van der Waals surface area contributed by atoms with Crippen LogP contribution >= 0.6 is 0 Å². The topological polar surface area (TPSA) is 16.4 Å². The largest absolute Gasteiger partial charge is 0.455 e. The molecule has 0 radical (unpaired) electrons. The highest BCUT2D eigenvalue weighted by Crippen LogP contribution is 2.40. The molecule has 0 aliphatic carbocycles. The summed E-state index contributed by atoms with van der Waals surface area (Å²) in [6.45, 7) is 0. The van der Waals surface area contributed by atoms with E-state index in [4.69, 9.17) is 4.42 Å². The zero-order chi connectivity index (χ0) is 40.9. The van der Waals surface area contributed by atoms with Crippen molar-refractivity contribution in [2.75, 3.05) is 4.90 Å². The minimum Gasteiger partial charge on any atom is -0.455 e. The average Bonchev–Trinajstić information content (AvgIpc) is 3.66. The molecule has 270 valence electrons. The quantitative estimate of drug-likeness (QED) is 0.153. The molecular weight excluding hydrogens is 704 g/mol. The van der Waals surface area contributed by atoms with E-state index in [-0.39, 0.29) is 0 Å². The third-order valence-corrected chi connectivity index (χ3v) is 13.9. The van der Waals surface area contributed by atoms with E-state index in [0.29, 0.717) is 0 Å². The Morgan fingerprint density at radius 2 is 0.881 bits per heavy atom. The number of hydrogen-bond donors (Lipinski definition) is 0. The Morgan fingerprint density at radius 1 is 0.373 bits per heavy atom. The van der Waals surface area contributed by atoms with Crippen molar-refractivity contribution in [1.82, 2.24) is 0 Å². The zero-order valence-electron chi connectivity index (χ0n) is 35.6. The van der Waals surface area contributed by atoms with E-state index in [1.807, 2.05) is 0 Å². The molecule has 0 spiro atoms. The molecular formula is C48H40B9NO. The van der Waals surface area contributed by atoms with Gasteiger partial charge in [0, 0.05) is 33.2 Å². The predicted octanol–water partition coefficient (Wildman–Crippen LogP) is -1.82. The van der Waals surface area contributed by atoms with E-state index in [1.54, 1.807) is 0 Å². The maximum Gasteiger partial charge on any atom is 0.143 e. The van der Waals surface area contributed by atoms with Gasteiger partial charge in [-0.15, -0.1) is 5.46 Å². The highest BCUT2D eigenvalue weighted by Gasteiger charge is 2.26. The first kappa shape index (κ1) is 37.2. The molecule has 59 heavy (non-hydrogen) atoms. The van der Waals surface area contributed by atoms with Crippen LogP contribution in [0.25, 0.3) is 76.5 Å². The number of benzene rings is 9. The van der Waals surface area contributed by atoms with Crippen molar-refractivity contribution >= 4 is 191 Å². The van der Waals surface area contributed by atoms with E-state index >= 15 is 0 Å². The number of rotatable bonds is 5. The molecule has 0 atom stereocenters. The first-order chi connectivity index (χ1) is 28.5. The fourth-order valence-corrected chi connectivity index (χ4v) is 10.00. The molecule has 0 unspecified atom stereocenters. The van der Waals surface area contributed by atoms with Crippen molar-refractivity contribution in [2.45, 2.75) is 0 Å². The van der Waals surface area contributed by atoms with E-state index in [0.717, 1.165) is 33.0 Å². The van der Waals surface area contributed by atoms with Gasteiger partial charge in [0.15, 0.2) is 0 Å². The van der Waals surface area contributed by atoms with Gasteiger partial charge in [-0.1, -0.05) is 147 Å². The van der Waals surface area contributed by atoms with Crippen molar-refractivity contribution < 1.29 is 4.42 Å². The van der Waals surface area contributed by atoms with Gasteiger partial charge in [0.2, 0.25) is 0 Å². The Morgan fingerprint density at radius 3 is 1.56 bits per heavy atom. The molecule has 0 saturated carbocycles. The van der Waals surface area contributed by atoms with Gasteiger partial charge in [-0.05, 0) is 79.5 Å². The van der Waals surface area contributed by atoms with Gasteiger partial charge >= 0.3 is 0 Å². The molecule has 10 rings (SSSR count). The number of furan rings is 1. The predicted molar refractivity (Wildman–Crippen MR) is 285 cm³/mol. The molecule has 0 aliphatic rings. The van der Waals surface area contributed by atoms with Gasteiger partial charge in [-0.25, -0.2) is 0 Å². The number of fused-ring (bicyclic) bond motifs is 8. The smallest absolute Gasteiger partial charge is 0.143 e. The summed E-state index contributed by atoms with van der Waals surface area (Å²) >= 11 is 0. The van der Waals surface area contributed by atoms with Crippen molar-refractivity contribution in [3.8, 4) is 22.3 Å². The van der Waals surface area contributed by atoms with E-state index in [1.165, 1.54) is 110 Å². The van der Waals surface area contributed by atoms with Gasteiger partial charge in [0.05, 0.1) is 0 Å². The summed E-state index contributed by atoms with van der Waals surface area (Å²) in [4.78, 5) is 2.56. The molecule has 1 aromatic heterocycles. The van der Waals surface area contributed by atoms with Crippen molar-refractivity contribution in [1.29, 1.82) is 0 Å². The van der Waals surface area contributed by atoms with Crippen LogP contribution in [-0.4, -0.2) is 70.6 Å². The summed E-state index contributed by atoms with van der Waals surface area (Å²) in [7, 11) is 20.7. The number of hydrogen-bond acceptors (Lipinski definition) is 2. The van der Waals surface area contributed by atoms with Crippen LogP contribution in [0.4, 0.5) is 17.1 Å². The highest BCUT2D eigenvalue weighted by atomic mass is 16.3. The number of nitrogens with zero attached hydrogens (tertiary/aromatic N) is 1. The fraction of sp³-hybridized carbons (Fsp3) is 0. The zero-order valence-corrected chi connectivity index (χ0v) is 35.6. The van der Waals surface area contributed by atoms with Crippen molar-refractivity contribution in [3.05, 3.63) is 133 Å². The number of anilines is 3. The minimum absolute atomic E-state index is 0.911. The summed E-state index contributed by atoms with van der Waals surface area (Å²) in [5, 5.41) is 9.77. The molecule has 0 saturated heterocycles. The fourth-order valence-electron chi connectivity index (χ4n) is 10.00. The van der Waals surface area contributed by atoms with Gasteiger partial charge in [-0.3, -0.25) is 0 Å². The Balaban J connectivity index is 1.16. The summed E-state index contributed by atoms with van der Waals surface area (Å²) in [6, 6.07) is 48.8. The molecule has 0 bridgehead atoms. The maximum absolute atomic E-state index is 6.58. The SMILES string of the molecule is Bc1c(B)c(B)c(N(c2ccc(-c3cccc4oc5c6ccccc6ccc5c34)cc2)c2c(B)c(B)c(-c3ccc4c(ccc5ccccc54)c3)c(B)c2B)c(B)c1B. The Kier molecular flexibility index (Phi) is 8.87. The molecule has 0 N–H and O–H groups in total. The first-order valence-electron chi connectivity index (χ1n) is 20.9. The van der Waals surface area contributed by atoms with Crippen LogP contribution in [0.1, 0.15) is 0 Å². The highest BCUT2D eigenvalue weighted by molar-refractivity contribution is 6.69. The van der Waals surface area contributed by atoms with Crippen molar-refractivity contribution in [2.24, 2.45) is 0 Å². The molecule has 2 nitrogen and oxygen atoms in total. The van der Waals surface area contributed by atoms with E-state index in [9.17, 15) is 0 Å². The van der Waals surface area contributed by atoms with Crippen LogP contribution in [0.2, 0.25) is 0 Å². The molecule has 0 amide bonds. The normalized spacial score (nSPS) is 11.7. The summed E-state index contributed by atoms with van der Waals surface area (Å²) in [5.74, 6) is 0. The lowest BCUT2D eigenvalue weighted by atomic mass is 9.61. The van der Waals surface area contributed by atoms with Gasteiger partial charge in [0.1, 0.15) is 81.8 Å². The average molecular weight is 744 g/mol. The second-order valence-corrected chi connectivity index (χ2v) is 16.7. The van der Waals surface area contributed by atoms with Gasteiger partial charge < -0.3 is 9.32 Å². The van der Waals surface area contributed by atoms with Crippen LogP contribution in [0.3, 0.4) is 0 Å². The third kappa shape index (κ3) is 5.69. The molecule has 1 heterocycles. The van der Waals surface area contributed by atoms with E-state index < -0.39 is 0 Å². The molecule has 0 fully saturated rings. The van der Waals surface area contributed by atoms with Crippen LogP contribution in [0, 0.1) is 0 Å². The molecule has 0 aliphatic heterocycles. The van der Waals surface area contributed by atoms with Crippen LogP contribution in [0.15, 0.2) is 138 Å². The van der Waals surface area contributed by atoms with Gasteiger partial charge in [0.25, 0.3) is 0 Å². The minimum atomic E-state index is 0.911. The first-order valence-corrected chi connectivity index (χ1v) is 20.9. The lowest BCUT2D eigenvalue weighted by Crippen LogP contribution is -2.57. The second kappa shape index (κ2) is 14.1. The van der Waals surface area contributed by atoms with E-state index in [2.05, 4.69) is 209 Å². The standard InChI is InChI=1S/C48H40B9NO/c49-37-35(27-17-20-30-26(22-27)13-12-23-6-1-3-8-29(23)30)38(50)43(55)46(42(37)54)58(47-44(56)40(52)39(51)41(53)45(47)57)28-18-14-25(15-19-28)31-10-5-11-34-36(31)33-21-16-24-7-2-4-9-32(24)48(33)59-34/h1-22H,49-57H2.